The van der Waals surface area contributed by atoms with Crippen molar-refractivity contribution < 1.29 is 4.79 Å². The standard InChI is InChI=1S/C8H17N3O/c1-2-3-7-6-10-8(12)11(7)5-4-9/h7H,2-6,9H2,1H3,(H,10,12). The van der Waals surface area contributed by atoms with Crippen LogP contribution in [0.1, 0.15) is 19.8 Å². The van der Waals surface area contributed by atoms with Crippen molar-refractivity contribution in [1.29, 1.82) is 0 Å². The van der Waals surface area contributed by atoms with Gasteiger partial charge in [0.1, 0.15) is 0 Å². The van der Waals surface area contributed by atoms with E-state index >= 15 is 0 Å². The van der Waals surface area contributed by atoms with Gasteiger partial charge in [-0.3, -0.25) is 0 Å². The van der Waals surface area contributed by atoms with Gasteiger partial charge in [-0.15, -0.1) is 0 Å². The van der Waals surface area contributed by atoms with Crippen molar-refractivity contribution in [2.24, 2.45) is 5.73 Å². The lowest BCUT2D eigenvalue weighted by molar-refractivity contribution is 0.203. The predicted molar refractivity (Wildman–Crippen MR) is 47.9 cm³/mol. The predicted octanol–water partition coefficient (Wildman–Crippen LogP) is 0.139. The Morgan fingerprint density at radius 3 is 3.08 bits per heavy atom. The average molecular weight is 171 g/mol. The molecule has 1 rings (SSSR count). The van der Waals surface area contributed by atoms with Crippen molar-refractivity contribution >= 4 is 6.03 Å². The number of hydrogen-bond acceptors (Lipinski definition) is 2. The zero-order valence-electron chi connectivity index (χ0n) is 7.55. The first kappa shape index (κ1) is 9.32. The largest absolute Gasteiger partial charge is 0.336 e. The molecule has 1 fully saturated rings. The van der Waals surface area contributed by atoms with E-state index in [1.807, 2.05) is 4.90 Å². The van der Waals surface area contributed by atoms with E-state index in [0.717, 1.165) is 19.4 Å². The van der Waals surface area contributed by atoms with Crippen LogP contribution in [0.4, 0.5) is 4.79 Å². The first-order valence-corrected chi connectivity index (χ1v) is 4.54. The van der Waals surface area contributed by atoms with Gasteiger partial charge in [-0.2, -0.15) is 0 Å². The maximum Gasteiger partial charge on any atom is 0.317 e. The summed E-state index contributed by atoms with van der Waals surface area (Å²) in [5, 5.41) is 2.82. The number of carbonyl (C=O) groups is 1. The maximum absolute atomic E-state index is 11.2. The molecule has 1 atom stereocenters. The number of nitrogens with two attached hydrogens (primary N) is 1. The zero-order valence-corrected chi connectivity index (χ0v) is 7.55. The Kier molecular flexibility index (Phi) is 3.34. The second-order valence-electron chi connectivity index (χ2n) is 3.11. The number of nitrogens with zero attached hydrogens (tertiary/aromatic N) is 1. The third kappa shape index (κ3) is 1.88. The molecule has 0 spiro atoms. The average Bonchev–Trinajstić information content (AvgIpc) is 2.37. The summed E-state index contributed by atoms with van der Waals surface area (Å²) < 4.78 is 0. The van der Waals surface area contributed by atoms with Gasteiger partial charge in [0, 0.05) is 19.6 Å². The third-order valence-electron chi connectivity index (χ3n) is 2.18. The highest BCUT2D eigenvalue weighted by atomic mass is 16.2. The van der Waals surface area contributed by atoms with Crippen LogP contribution >= 0.6 is 0 Å². The molecule has 1 aliphatic rings. The van der Waals surface area contributed by atoms with Crippen LogP contribution in [-0.4, -0.2) is 36.6 Å². The Bertz CT molecular complexity index is 160. The Hall–Kier alpha value is -0.770. The highest BCUT2D eigenvalue weighted by Crippen LogP contribution is 2.11. The summed E-state index contributed by atoms with van der Waals surface area (Å²) >= 11 is 0. The summed E-state index contributed by atoms with van der Waals surface area (Å²) in [5.74, 6) is 0. The van der Waals surface area contributed by atoms with E-state index in [9.17, 15) is 4.79 Å². The fraction of sp³-hybridized carbons (Fsp3) is 0.875. The van der Waals surface area contributed by atoms with Crippen molar-refractivity contribution in [3.8, 4) is 0 Å². The van der Waals surface area contributed by atoms with E-state index < -0.39 is 0 Å². The van der Waals surface area contributed by atoms with Gasteiger partial charge in [0.25, 0.3) is 0 Å². The van der Waals surface area contributed by atoms with E-state index in [2.05, 4.69) is 12.2 Å². The molecule has 0 saturated carbocycles. The Morgan fingerprint density at radius 1 is 1.75 bits per heavy atom. The molecule has 0 aromatic heterocycles. The molecule has 1 saturated heterocycles. The number of urea groups is 1. The number of amides is 2. The van der Waals surface area contributed by atoms with Gasteiger partial charge in [0.2, 0.25) is 0 Å². The molecule has 4 heteroatoms. The second kappa shape index (κ2) is 4.30. The minimum atomic E-state index is 0.0406. The van der Waals surface area contributed by atoms with E-state index in [-0.39, 0.29) is 6.03 Å². The van der Waals surface area contributed by atoms with Gasteiger partial charge in [0.15, 0.2) is 0 Å². The van der Waals surface area contributed by atoms with Crippen molar-refractivity contribution in [2.75, 3.05) is 19.6 Å². The lowest BCUT2D eigenvalue weighted by Gasteiger charge is -2.21. The Morgan fingerprint density at radius 2 is 2.50 bits per heavy atom. The van der Waals surface area contributed by atoms with Crippen LogP contribution in [0.2, 0.25) is 0 Å². The summed E-state index contributed by atoms with van der Waals surface area (Å²) in [4.78, 5) is 13.0. The Balaban J connectivity index is 2.45. The normalized spacial score (nSPS) is 23.0. The molecular weight excluding hydrogens is 154 g/mol. The van der Waals surface area contributed by atoms with Crippen LogP contribution in [0, 0.1) is 0 Å². The van der Waals surface area contributed by atoms with Gasteiger partial charge in [-0.1, -0.05) is 13.3 Å². The fourth-order valence-electron chi connectivity index (χ4n) is 1.60. The second-order valence-corrected chi connectivity index (χ2v) is 3.11. The molecule has 70 valence electrons. The van der Waals surface area contributed by atoms with Crippen LogP contribution < -0.4 is 11.1 Å². The van der Waals surface area contributed by atoms with Crippen LogP contribution in [0.15, 0.2) is 0 Å². The topological polar surface area (TPSA) is 58.4 Å². The molecule has 0 aromatic carbocycles. The summed E-state index contributed by atoms with van der Waals surface area (Å²) in [7, 11) is 0. The maximum atomic E-state index is 11.2. The van der Waals surface area contributed by atoms with E-state index in [4.69, 9.17) is 5.73 Å². The number of rotatable bonds is 4. The monoisotopic (exact) mass is 171 g/mol. The summed E-state index contributed by atoms with van der Waals surface area (Å²) in [6.07, 6.45) is 2.18. The highest BCUT2D eigenvalue weighted by molar-refractivity contribution is 5.76. The van der Waals surface area contributed by atoms with E-state index in [1.54, 1.807) is 0 Å². The summed E-state index contributed by atoms with van der Waals surface area (Å²) in [5.41, 5.74) is 5.41. The van der Waals surface area contributed by atoms with Crippen LogP contribution in [0.3, 0.4) is 0 Å². The molecule has 2 amide bonds. The first-order chi connectivity index (χ1) is 5.79. The minimum absolute atomic E-state index is 0.0406. The number of nitrogens with one attached hydrogen (secondary N) is 1. The molecule has 1 aliphatic heterocycles. The van der Waals surface area contributed by atoms with Crippen molar-refractivity contribution in [2.45, 2.75) is 25.8 Å². The molecule has 1 unspecified atom stereocenters. The van der Waals surface area contributed by atoms with Crippen molar-refractivity contribution in [1.82, 2.24) is 10.2 Å². The third-order valence-corrected chi connectivity index (χ3v) is 2.18. The lowest BCUT2D eigenvalue weighted by atomic mass is 10.1. The number of hydrogen-bond donors (Lipinski definition) is 2. The first-order valence-electron chi connectivity index (χ1n) is 4.54. The van der Waals surface area contributed by atoms with Crippen LogP contribution in [0.5, 0.6) is 0 Å². The minimum Gasteiger partial charge on any atom is -0.336 e. The summed E-state index contributed by atoms with van der Waals surface area (Å²) in [6, 6.07) is 0.407. The molecule has 0 aromatic rings. The van der Waals surface area contributed by atoms with Crippen LogP contribution in [0.25, 0.3) is 0 Å². The van der Waals surface area contributed by atoms with Crippen LogP contribution in [-0.2, 0) is 0 Å². The van der Waals surface area contributed by atoms with Gasteiger partial charge in [-0.05, 0) is 6.42 Å². The molecule has 0 aliphatic carbocycles. The fourth-order valence-corrected chi connectivity index (χ4v) is 1.60. The molecular formula is C8H17N3O. The van der Waals surface area contributed by atoms with E-state index in [0.29, 0.717) is 19.1 Å². The molecule has 3 N–H and O–H groups in total. The zero-order chi connectivity index (χ0) is 8.97. The van der Waals surface area contributed by atoms with E-state index in [1.165, 1.54) is 0 Å². The lowest BCUT2D eigenvalue weighted by Crippen LogP contribution is -2.37. The molecule has 12 heavy (non-hydrogen) atoms. The highest BCUT2D eigenvalue weighted by Gasteiger charge is 2.28. The molecule has 1 heterocycles. The molecule has 4 nitrogen and oxygen atoms in total. The van der Waals surface area contributed by atoms with Gasteiger partial charge < -0.3 is 16.0 Å². The SMILES string of the molecule is CCCC1CNC(=O)N1CCN. The van der Waals surface area contributed by atoms with Gasteiger partial charge in [0.05, 0.1) is 6.04 Å². The smallest absolute Gasteiger partial charge is 0.317 e. The quantitative estimate of drug-likeness (QED) is 0.632. The van der Waals surface area contributed by atoms with Crippen molar-refractivity contribution in [3.63, 3.8) is 0 Å². The summed E-state index contributed by atoms with van der Waals surface area (Å²) in [6.45, 7) is 4.14. The molecule has 0 radical (unpaired) electrons. The van der Waals surface area contributed by atoms with Crippen molar-refractivity contribution in [3.05, 3.63) is 0 Å². The number of carbonyl (C=O) groups excluding carboxylic acids is 1. The molecule has 0 bridgehead atoms. The van der Waals surface area contributed by atoms with Gasteiger partial charge in [-0.25, -0.2) is 4.79 Å². The van der Waals surface area contributed by atoms with Gasteiger partial charge >= 0.3 is 6.03 Å². The Labute approximate surface area is 73.1 Å².